The molecule has 2 N–H and O–H groups in total. The van der Waals surface area contributed by atoms with Crippen molar-refractivity contribution in [3.63, 3.8) is 0 Å². The normalized spacial score (nSPS) is 12.3. The van der Waals surface area contributed by atoms with Crippen LogP contribution in [0.2, 0.25) is 0 Å². The van der Waals surface area contributed by atoms with E-state index in [1.54, 1.807) is 0 Å². The number of carbonyl (C=O) groups excluding carboxylic acids is 1. The molecule has 0 aliphatic carbocycles. The third-order valence-corrected chi connectivity index (χ3v) is 5.16. The second-order valence-electron chi connectivity index (χ2n) is 5.74. The van der Waals surface area contributed by atoms with Gasteiger partial charge in [-0.3, -0.25) is 4.79 Å². The van der Waals surface area contributed by atoms with Crippen molar-refractivity contribution in [3.8, 4) is 0 Å². The number of nitrogens with zero attached hydrogens (tertiary/aromatic N) is 2. The van der Waals surface area contributed by atoms with Gasteiger partial charge in [-0.05, 0) is 51.8 Å². The molecule has 1 aromatic heterocycles. The molecular weight excluding hydrogens is 328 g/mol. The van der Waals surface area contributed by atoms with Gasteiger partial charge >= 0.3 is 0 Å². The topological polar surface area (TPSA) is 66.9 Å². The standard InChI is InChI=1S/C16H22N4OS2/c1-9(2)17-15-19-20-16(23-15)22-12(5)14(21)18-13-8-10(3)6-7-11(13)4/h6-9,12H,1-5H3,(H,17,19)(H,18,21). The largest absolute Gasteiger partial charge is 0.358 e. The maximum atomic E-state index is 12.4. The number of hydrogen-bond acceptors (Lipinski definition) is 6. The number of carbonyl (C=O) groups is 1. The number of rotatable bonds is 6. The number of anilines is 2. The molecule has 124 valence electrons. The molecule has 23 heavy (non-hydrogen) atoms. The number of hydrogen-bond donors (Lipinski definition) is 2. The molecular formula is C16H22N4OS2. The Morgan fingerprint density at radius 2 is 1.96 bits per heavy atom. The fraction of sp³-hybridized carbons (Fsp3) is 0.438. The van der Waals surface area contributed by atoms with E-state index in [-0.39, 0.29) is 11.2 Å². The fourth-order valence-corrected chi connectivity index (χ4v) is 3.91. The number of aromatic nitrogens is 2. The van der Waals surface area contributed by atoms with Crippen molar-refractivity contribution in [2.45, 2.75) is 50.3 Å². The summed E-state index contributed by atoms with van der Waals surface area (Å²) in [6, 6.07) is 6.34. The highest BCUT2D eigenvalue weighted by molar-refractivity contribution is 8.02. The van der Waals surface area contributed by atoms with E-state index in [2.05, 4.69) is 34.7 Å². The van der Waals surface area contributed by atoms with Gasteiger partial charge in [-0.25, -0.2) is 0 Å². The molecule has 1 amide bonds. The maximum Gasteiger partial charge on any atom is 0.237 e. The summed E-state index contributed by atoms with van der Waals surface area (Å²) in [6.45, 7) is 9.98. The van der Waals surface area contributed by atoms with Crippen molar-refractivity contribution in [2.24, 2.45) is 0 Å². The van der Waals surface area contributed by atoms with Crippen LogP contribution >= 0.6 is 23.1 Å². The molecule has 0 radical (unpaired) electrons. The Labute approximate surface area is 145 Å². The molecule has 2 aromatic rings. The lowest BCUT2D eigenvalue weighted by molar-refractivity contribution is -0.115. The first-order valence-corrected chi connectivity index (χ1v) is 9.19. The van der Waals surface area contributed by atoms with Gasteiger partial charge in [0.25, 0.3) is 0 Å². The first kappa shape index (κ1) is 17.7. The molecule has 0 aliphatic heterocycles. The van der Waals surface area contributed by atoms with E-state index >= 15 is 0 Å². The van der Waals surface area contributed by atoms with Gasteiger partial charge in [0.2, 0.25) is 11.0 Å². The van der Waals surface area contributed by atoms with Crippen LogP contribution in [0.5, 0.6) is 0 Å². The number of aryl methyl sites for hydroxylation is 2. The zero-order valence-electron chi connectivity index (χ0n) is 14.0. The fourth-order valence-electron chi connectivity index (χ4n) is 1.87. The molecule has 0 bridgehead atoms. The molecule has 2 rings (SSSR count). The predicted octanol–water partition coefficient (Wildman–Crippen LogP) is 4.09. The lowest BCUT2D eigenvalue weighted by atomic mass is 10.1. The summed E-state index contributed by atoms with van der Waals surface area (Å²) in [5.74, 6) is -0.0303. The van der Waals surface area contributed by atoms with Crippen molar-refractivity contribution in [3.05, 3.63) is 29.3 Å². The maximum absolute atomic E-state index is 12.4. The van der Waals surface area contributed by atoms with Crippen LogP contribution in [0.25, 0.3) is 0 Å². The second kappa shape index (κ2) is 7.79. The second-order valence-corrected chi connectivity index (χ2v) is 8.31. The third-order valence-electron chi connectivity index (χ3n) is 3.12. The van der Waals surface area contributed by atoms with Crippen LogP contribution in [0, 0.1) is 13.8 Å². The van der Waals surface area contributed by atoms with Crippen molar-refractivity contribution in [1.29, 1.82) is 0 Å². The van der Waals surface area contributed by atoms with Crippen molar-refractivity contribution in [2.75, 3.05) is 10.6 Å². The van der Waals surface area contributed by atoms with Gasteiger partial charge < -0.3 is 10.6 Å². The van der Waals surface area contributed by atoms with E-state index in [0.717, 1.165) is 26.3 Å². The van der Waals surface area contributed by atoms with Crippen LogP contribution in [0.1, 0.15) is 31.9 Å². The highest BCUT2D eigenvalue weighted by Crippen LogP contribution is 2.30. The Bertz CT molecular complexity index is 684. The smallest absolute Gasteiger partial charge is 0.237 e. The SMILES string of the molecule is Cc1ccc(C)c(NC(=O)C(C)Sc2nnc(NC(C)C)s2)c1. The van der Waals surface area contributed by atoms with Gasteiger partial charge in [-0.15, -0.1) is 10.2 Å². The van der Waals surface area contributed by atoms with Crippen molar-refractivity contribution < 1.29 is 4.79 Å². The number of thioether (sulfide) groups is 1. The lowest BCUT2D eigenvalue weighted by Gasteiger charge is -2.12. The molecule has 7 heteroatoms. The molecule has 1 atom stereocenters. The van der Waals surface area contributed by atoms with Gasteiger partial charge in [0.15, 0.2) is 4.34 Å². The number of benzene rings is 1. The average molecular weight is 351 g/mol. The first-order valence-electron chi connectivity index (χ1n) is 7.50. The third kappa shape index (κ3) is 5.21. The molecule has 0 saturated heterocycles. The van der Waals surface area contributed by atoms with E-state index in [0.29, 0.717) is 6.04 Å². The van der Waals surface area contributed by atoms with Gasteiger partial charge in [0, 0.05) is 11.7 Å². The Hall–Kier alpha value is -1.60. The van der Waals surface area contributed by atoms with Gasteiger partial charge in [-0.1, -0.05) is 35.2 Å². The lowest BCUT2D eigenvalue weighted by Crippen LogP contribution is -2.22. The summed E-state index contributed by atoms with van der Waals surface area (Å²) in [5, 5.41) is 14.9. The van der Waals surface area contributed by atoms with Gasteiger partial charge in [0.05, 0.1) is 5.25 Å². The van der Waals surface area contributed by atoms with Gasteiger partial charge in [0.1, 0.15) is 0 Å². The van der Waals surface area contributed by atoms with Crippen molar-refractivity contribution in [1.82, 2.24) is 10.2 Å². The van der Waals surface area contributed by atoms with Crippen LogP contribution in [-0.2, 0) is 4.79 Å². The van der Waals surface area contributed by atoms with Crippen LogP contribution in [0.4, 0.5) is 10.8 Å². The highest BCUT2D eigenvalue weighted by atomic mass is 32.2. The van der Waals surface area contributed by atoms with Crippen LogP contribution < -0.4 is 10.6 Å². The van der Waals surface area contributed by atoms with Gasteiger partial charge in [-0.2, -0.15) is 0 Å². The molecule has 0 fully saturated rings. The van der Waals surface area contributed by atoms with E-state index in [4.69, 9.17) is 0 Å². The molecule has 1 aromatic carbocycles. The monoisotopic (exact) mass is 350 g/mol. The summed E-state index contributed by atoms with van der Waals surface area (Å²) < 4.78 is 0.789. The summed E-state index contributed by atoms with van der Waals surface area (Å²) in [4.78, 5) is 12.4. The average Bonchev–Trinajstić information content (AvgIpc) is 2.89. The Balaban J connectivity index is 1.97. The summed E-state index contributed by atoms with van der Waals surface area (Å²) in [5.41, 5.74) is 3.04. The Morgan fingerprint density at radius 1 is 1.22 bits per heavy atom. The van der Waals surface area contributed by atoms with E-state index in [9.17, 15) is 4.79 Å². The van der Waals surface area contributed by atoms with Crippen molar-refractivity contribution >= 4 is 39.8 Å². The van der Waals surface area contributed by atoms with Crippen LogP contribution in [0.3, 0.4) is 0 Å². The molecule has 0 aliphatic rings. The summed E-state index contributed by atoms with van der Waals surface area (Å²) in [7, 11) is 0. The Morgan fingerprint density at radius 3 is 2.65 bits per heavy atom. The quantitative estimate of drug-likeness (QED) is 0.768. The first-order chi connectivity index (χ1) is 10.8. The van der Waals surface area contributed by atoms with Crippen LogP contribution in [0.15, 0.2) is 22.5 Å². The van der Waals surface area contributed by atoms with E-state index in [1.807, 2.05) is 39.0 Å². The minimum absolute atomic E-state index is 0.0303. The summed E-state index contributed by atoms with van der Waals surface area (Å²) >= 11 is 2.89. The molecule has 0 spiro atoms. The highest BCUT2D eigenvalue weighted by Gasteiger charge is 2.18. The minimum Gasteiger partial charge on any atom is -0.358 e. The Kier molecular flexibility index (Phi) is 6.01. The zero-order chi connectivity index (χ0) is 17.0. The molecule has 5 nitrogen and oxygen atoms in total. The number of amides is 1. The molecule has 1 heterocycles. The van der Waals surface area contributed by atoms with E-state index < -0.39 is 0 Å². The van der Waals surface area contributed by atoms with E-state index in [1.165, 1.54) is 23.1 Å². The molecule has 0 saturated carbocycles. The zero-order valence-corrected chi connectivity index (χ0v) is 15.6. The predicted molar refractivity (Wildman–Crippen MR) is 98.5 cm³/mol. The molecule has 1 unspecified atom stereocenters. The number of nitrogens with one attached hydrogen (secondary N) is 2. The summed E-state index contributed by atoms with van der Waals surface area (Å²) in [6.07, 6.45) is 0. The van der Waals surface area contributed by atoms with Crippen LogP contribution in [-0.4, -0.2) is 27.4 Å². The minimum atomic E-state index is -0.241.